The van der Waals surface area contributed by atoms with E-state index < -0.39 is 4.32 Å². The number of rotatable bonds is 6. The van der Waals surface area contributed by atoms with Crippen molar-refractivity contribution in [1.29, 1.82) is 0 Å². The van der Waals surface area contributed by atoms with Crippen LogP contribution in [0.25, 0.3) is 0 Å². The number of Topliss-reactive ketones (excluding diaryl/α,β-unsaturated/α-hetero) is 1. The highest BCUT2D eigenvalue weighted by atomic mass is 79.9. The Hall–Kier alpha value is -2.24. The van der Waals surface area contributed by atoms with Crippen molar-refractivity contribution in [1.82, 2.24) is 0 Å². The molecule has 3 rings (SSSR count). The van der Waals surface area contributed by atoms with Gasteiger partial charge in [0.1, 0.15) is 5.82 Å². The Balaban J connectivity index is 1.70. The molecule has 0 saturated carbocycles. The number of halogens is 2. The summed E-state index contributed by atoms with van der Waals surface area (Å²) >= 11 is 4.94. The van der Waals surface area contributed by atoms with Gasteiger partial charge in [0.25, 0.3) is 0 Å². The van der Waals surface area contributed by atoms with Gasteiger partial charge in [-0.05, 0) is 74.5 Å². The number of hydrogen-bond donors (Lipinski definition) is 0. The Morgan fingerprint density at radius 2 is 1.14 bits per heavy atom. The van der Waals surface area contributed by atoms with Gasteiger partial charge in [-0.2, -0.15) is 0 Å². The van der Waals surface area contributed by atoms with Crippen LogP contribution in [0, 0.1) is 5.82 Å². The fourth-order valence-corrected chi connectivity index (χ4v) is 3.64. The average Bonchev–Trinajstić information content (AvgIpc) is 2.68. The summed E-state index contributed by atoms with van der Waals surface area (Å²) in [7, 11) is 0. The predicted octanol–water partition coefficient (Wildman–Crippen LogP) is 6.56. The zero-order chi connectivity index (χ0) is 20.3. The van der Waals surface area contributed by atoms with Crippen molar-refractivity contribution in [2.45, 2.75) is 28.0 Å². The molecule has 2 nitrogen and oxygen atoms in total. The Labute approximate surface area is 176 Å². The second kappa shape index (κ2) is 8.41. The molecular weight excluding hydrogens is 439 g/mol. The maximum absolute atomic E-state index is 13.0. The van der Waals surface area contributed by atoms with E-state index in [1.807, 2.05) is 50.2 Å². The standard InChI is InChI=1S/C23H18BrFO2S/c1-23(2,24)22(27)17-7-13-20(14-8-17)28-19-11-5-16(6-12-19)21(26)15-3-9-18(25)10-4-15/h3-14H,1-2H3. The van der Waals surface area contributed by atoms with Crippen molar-refractivity contribution in [3.63, 3.8) is 0 Å². The van der Waals surface area contributed by atoms with Crippen LogP contribution in [0.5, 0.6) is 0 Å². The van der Waals surface area contributed by atoms with Crippen molar-refractivity contribution in [2.24, 2.45) is 0 Å². The highest BCUT2D eigenvalue weighted by Crippen LogP contribution is 2.29. The first-order chi connectivity index (χ1) is 13.2. The van der Waals surface area contributed by atoms with Gasteiger partial charge in [-0.1, -0.05) is 39.8 Å². The smallest absolute Gasteiger partial charge is 0.193 e. The number of hydrogen-bond acceptors (Lipinski definition) is 3. The fraction of sp³-hybridized carbons (Fsp3) is 0.130. The van der Waals surface area contributed by atoms with Crippen LogP contribution in [0.15, 0.2) is 82.6 Å². The molecule has 0 fully saturated rings. The van der Waals surface area contributed by atoms with Gasteiger partial charge in [0.05, 0.1) is 4.32 Å². The zero-order valence-corrected chi connectivity index (χ0v) is 17.8. The van der Waals surface area contributed by atoms with Gasteiger partial charge in [0.15, 0.2) is 11.6 Å². The Morgan fingerprint density at radius 3 is 1.57 bits per heavy atom. The SMILES string of the molecule is CC(C)(Br)C(=O)c1ccc(Sc2ccc(C(=O)c3ccc(F)cc3)cc2)cc1. The van der Waals surface area contributed by atoms with E-state index in [1.165, 1.54) is 24.3 Å². The van der Waals surface area contributed by atoms with Crippen molar-refractivity contribution < 1.29 is 14.0 Å². The maximum Gasteiger partial charge on any atom is 0.193 e. The minimum Gasteiger partial charge on any atom is -0.293 e. The highest BCUT2D eigenvalue weighted by molar-refractivity contribution is 9.10. The first kappa shape index (κ1) is 20.5. The topological polar surface area (TPSA) is 34.1 Å². The molecule has 5 heteroatoms. The minimum atomic E-state index is -0.589. The predicted molar refractivity (Wildman–Crippen MR) is 114 cm³/mol. The van der Waals surface area contributed by atoms with Crippen LogP contribution < -0.4 is 0 Å². The molecule has 3 aromatic rings. The summed E-state index contributed by atoms with van der Waals surface area (Å²) in [4.78, 5) is 26.7. The summed E-state index contributed by atoms with van der Waals surface area (Å²) in [6.07, 6.45) is 0. The molecule has 0 atom stereocenters. The third-order valence-corrected chi connectivity index (χ3v) is 5.49. The molecule has 0 radical (unpaired) electrons. The number of benzene rings is 3. The molecule has 142 valence electrons. The molecule has 0 aliphatic carbocycles. The lowest BCUT2D eigenvalue weighted by atomic mass is 10.0. The summed E-state index contributed by atoms with van der Waals surface area (Å²) in [5, 5.41) is 0. The number of ketones is 2. The van der Waals surface area contributed by atoms with Crippen molar-refractivity contribution in [3.05, 3.63) is 95.3 Å². The second-order valence-electron chi connectivity index (χ2n) is 6.79. The normalized spacial score (nSPS) is 11.3. The van der Waals surface area contributed by atoms with Crippen molar-refractivity contribution in [2.75, 3.05) is 0 Å². The van der Waals surface area contributed by atoms with Gasteiger partial charge in [0.2, 0.25) is 0 Å². The lowest BCUT2D eigenvalue weighted by Crippen LogP contribution is -2.23. The van der Waals surface area contributed by atoms with Crippen LogP contribution in [0.2, 0.25) is 0 Å². The summed E-state index contributed by atoms with van der Waals surface area (Å²) in [5.74, 6) is -0.472. The van der Waals surface area contributed by atoms with Gasteiger partial charge >= 0.3 is 0 Å². The number of alkyl halides is 1. The molecule has 0 spiro atoms. The third kappa shape index (κ3) is 4.97. The molecule has 0 saturated heterocycles. The van der Waals surface area contributed by atoms with E-state index in [2.05, 4.69) is 15.9 Å². The fourth-order valence-electron chi connectivity index (χ4n) is 2.60. The lowest BCUT2D eigenvalue weighted by molar-refractivity contribution is 0.0960. The minimum absolute atomic E-state index is 0.0349. The Morgan fingerprint density at radius 1 is 0.750 bits per heavy atom. The second-order valence-corrected chi connectivity index (χ2v) is 9.92. The molecule has 0 heterocycles. The molecule has 0 N–H and O–H groups in total. The summed E-state index contributed by atoms with van der Waals surface area (Å²) in [6.45, 7) is 3.65. The molecule has 0 amide bonds. The number of carbonyl (C=O) groups is 2. The van der Waals surface area contributed by atoms with Crippen molar-refractivity contribution >= 4 is 39.3 Å². The molecule has 0 aliphatic rings. The van der Waals surface area contributed by atoms with Crippen LogP contribution in [0.1, 0.15) is 40.1 Å². The average molecular weight is 457 g/mol. The molecular formula is C23H18BrFO2S. The Kier molecular flexibility index (Phi) is 6.16. The van der Waals surface area contributed by atoms with Crippen LogP contribution in [-0.4, -0.2) is 15.9 Å². The van der Waals surface area contributed by atoms with E-state index >= 15 is 0 Å². The molecule has 0 bridgehead atoms. The monoisotopic (exact) mass is 456 g/mol. The first-order valence-corrected chi connectivity index (χ1v) is 10.3. The van der Waals surface area contributed by atoms with E-state index in [1.54, 1.807) is 23.9 Å². The molecule has 0 aromatic heterocycles. The summed E-state index contributed by atoms with van der Waals surface area (Å²) < 4.78 is 12.4. The van der Waals surface area contributed by atoms with Gasteiger partial charge in [-0.25, -0.2) is 4.39 Å². The van der Waals surface area contributed by atoms with E-state index in [-0.39, 0.29) is 17.4 Å². The molecule has 3 aromatic carbocycles. The quantitative estimate of drug-likeness (QED) is 0.310. The van der Waals surface area contributed by atoms with Crippen LogP contribution in [0.4, 0.5) is 4.39 Å². The molecule has 0 aliphatic heterocycles. The van der Waals surface area contributed by atoms with Gasteiger partial charge < -0.3 is 0 Å². The zero-order valence-electron chi connectivity index (χ0n) is 15.4. The van der Waals surface area contributed by atoms with Crippen LogP contribution in [-0.2, 0) is 0 Å². The van der Waals surface area contributed by atoms with E-state index in [9.17, 15) is 14.0 Å². The summed E-state index contributed by atoms with van der Waals surface area (Å²) in [5.41, 5.74) is 1.67. The largest absolute Gasteiger partial charge is 0.293 e. The van der Waals surface area contributed by atoms with Crippen LogP contribution >= 0.6 is 27.7 Å². The van der Waals surface area contributed by atoms with Gasteiger partial charge in [-0.3, -0.25) is 9.59 Å². The molecule has 0 unspecified atom stereocenters. The first-order valence-electron chi connectivity index (χ1n) is 8.66. The van der Waals surface area contributed by atoms with E-state index in [0.717, 1.165) is 9.79 Å². The van der Waals surface area contributed by atoms with Crippen molar-refractivity contribution in [3.8, 4) is 0 Å². The Bertz CT molecular complexity index is 989. The number of carbonyl (C=O) groups excluding carboxylic acids is 2. The summed E-state index contributed by atoms with van der Waals surface area (Å²) in [6, 6.07) is 20.3. The molecule has 28 heavy (non-hydrogen) atoms. The van der Waals surface area contributed by atoms with Crippen LogP contribution in [0.3, 0.4) is 0 Å². The highest BCUT2D eigenvalue weighted by Gasteiger charge is 2.24. The maximum atomic E-state index is 13.0. The van der Waals surface area contributed by atoms with Gasteiger partial charge in [-0.15, -0.1) is 0 Å². The third-order valence-electron chi connectivity index (χ3n) is 4.12. The van der Waals surface area contributed by atoms with E-state index in [4.69, 9.17) is 0 Å². The van der Waals surface area contributed by atoms with E-state index in [0.29, 0.717) is 16.7 Å². The van der Waals surface area contributed by atoms with Gasteiger partial charge in [0, 0.05) is 26.5 Å². The lowest BCUT2D eigenvalue weighted by Gasteiger charge is -2.14.